The van der Waals surface area contributed by atoms with E-state index < -0.39 is 0 Å². The van der Waals surface area contributed by atoms with Crippen LogP contribution in [0.15, 0.2) is 30.3 Å². The molecule has 23 heavy (non-hydrogen) atoms. The Hall–Kier alpha value is -1.39. The molecule has 1 heterocycles. The molecule has 4 nitrogen and oxygen atoms in total. The minimum Gasteiger partial charge on any atom is -0.396 e. The van der Waals surface area contributed by atoms with Crippen molar-refractivity contribution in [1.29, 1.82) is 0 Å². The molecular formula is C19H28N2O2. The van der Waals surface area contributed by atoms with Crippen molar-refractivity contribution in [3.8, 4) is 0 Å². The zero-order valence-electron chi connectivity index (χ0n) is 13.9. The maximum atomic E-state index is 12.9. The number of aliphatic hydroxyl groups is 1. The van der Waals surface area contributed by atoms with Crippen LogP contribution in [0.2, 0.25) is 0 Å². The number of hydrogen-bond donors (Lipinski definition) is 1. The van der Waals surface area contributed by atoms with Crippen LogP contribution in [0.1, 0.15) is 44.1 Å². The van der Waals surface area contributed by atoms with Crippen molar-refractivity contribution in [2.24, 2.45) is 0 Å². The van der Waals surface area contributed by atoms with Crippen LogP contribution in [0.4, 0.5) is 0 Å². The average molecular weight is 316 g/mol. The Bertz CT molecular complexity index is 499. The highest BCUT2D eigenvalue weighted by Crippen LogP contribution is 2.29. The SMILES string of the molecule is O=C(CN1CCCCC1CCO)N(Cc1ccccc1)C1CC1. The summed E-state index contributed by atoms with van der Waals surface area (Å²) in [6.07, 6.45) is 6.55. The van der Waals surface area contributed by atoms with Crippen LogP contribution in [0, 0.1) is 0 Å². The minimum atomic E-state index is 0.214. The molecule has 126 valence electrons. The summed E-state index contributed by atoms with van der Waals surface area (Å²) in [5, 5.41) is 9.25. The quantitative estimate of drug-likeness (QED) is 0.840. The summed E-state index contributed by atoms with van der Waals surface area (Å²) in [4.78, 5) is 17.2. The van der Waals surface area contributed by atoms with Crippen molar-refractivity contribution >= 4 is 5.91 Å². The van der Waals surface area contributed by atoms with Gasteiger partial charge in [0.1, 0.15) is 0 Å². The Morgan fingerprint density at radius 2 is 1.96 bits per heavy atom. The predicted molar refractivity (Wildman–Crippen MR) is 90.9 cm³/mol. The molecule has 1 aliphatic carbocycles. The third-order valence-corrected chi connectivity index (χ3v) is 5.05. The van der Waals surface area contributed by atoms with E-state index in [0.717, 1.165) is 45.2 Å². The van der Waals surface area contributed by atoms with Gasteiger partial charge in [0.15, 0.2) is 0 Å². The van der Waals surface area contributed by atoms with Gasteiger partial charge in [0, 0.05) is 25.2 Å². The van der Waals surface area contributed by atoms with Crippen molar-refractivity contribution in [2.75, 3.05) is 19.7 Å². The average Bonchev–Trinajstić information content (AvgIpc) is 3.40. The molecular weight excluding hydrogens is 288 g/mol. The number of carbonyl (C=O) groups excluding carboxylic acids is 1. The second kappa shape index (κ2) is 7.93. The molecule has 0 spiro atoms. The zero-order chi connectivity index (χ0) is 16.1. The molecule has 0 radical (unpaired) electrons. The summed E-state index contributed by atoms with van der Waals surface area (Å²) >= 11 is 0. The van der Waals surface area contributed by atoms with Crippen molar-refractivity contribution in [2.45, 2.75) is 57.2 Å². The molecule has 1 aromatic rings. The lowest BCUT2D eigenvalue weighted by molar-refractivity contribution is -0.134. The number of carbonyl (C=O) groups is 1. The van der Waals surface area contributed by atoms with E-state index in [9.17, 15) is 9.90 Å². The maximum absolute atomic E-state index is 12.9. The van der Waals surface area contributed by atoms with Gasteiger partial charge in [0.25, 0.3) is 0 Å². The lowest BCUT2D eigenvalue weighted by Crippen LogP contribution is -2.47. The lowest BCUT2D eigenvalue weighted by atomic mass is 9.99. The van der Waals surface area contributed by atoms with Gasteiger partial charge in [-0.15, -0.1) is 0 Å². The predicted octanol–water partition coefficient (Wildman–Crippen LogP) is 2.41. The molecule has 3 rings (SSSR count). The molecule has 1 N–H and O–H groups in total. The molecule has 2 aliphatic rings. The van der Waals surface area contributed by atoms with Gasteiger partial charge in [0.05, 0.1) is 6.54 Å². The van der Waals surface area contributed by atoms with Gasteiger partial charge in [-0.05, 0) is 44.2 Å². The fraction of sp³-hybridized carbons (Fsp3) is 0.632. The summed E-state index contributed by atoms with van der Waals surface area (Å²) in [6, 6.07) is 11.1. The Morgan fingerprint density at radius 3 is 2.65 bits per heavy atom. The smallest absolute Gasteiger partial charge is 0.237 e. The third-order valence-electron chi connectivity index (χ3n) is 5.05. The van der Waals surface area contributed by atoms with Gasteiger partial charge < -0.3 is 10.0 Å². The summed E-state index contributed by atoms with van der Waals surface area (Å²) in [6.45, 7) is 2.43. The number of rotatable bonds is 7. The number of likely N-dealkylation sites (tertiary alicyclic amines) is 1. The van der Waals surface area contributed by atoms with Gasteiger partial charge in [-0.2, -0.15) is 0 Å². The number of nitrogens with zero attached hydrogens (tertiary/aromatic N) is 2. The third kappa shape index (κ3) is 4.55. The maximum Gasteiger partial charge on any atom is 0.237 e. The Balaban J connectivity index is 1.61. The first-order valence-electron chi connectivity index (χ1n) is 8.96. The van der Waals surface area contributed by atoms with Crippen LogP contribution in [-0.2, 0) is 11.3 Å². The van der Waals surface area contributed by atoms with Crippen LogP contribution < -0.4 is 0 Å². The molecule has 1 saturated carbocycles. The van der Waals surface area contributed by atoms with E-state index >= 15 is 0 Å². The van der Waals surface area contributed by atoms with Crippen molar-refractivity contribution < 1.29 is 9.90 Å². The van der Waals surface area contributed by atoms with Crippen molar-refractivity contribution in [3.63, 3.8) is 0 Å². The number of amides is 1. The summed E-state index contributed by atoms with van der Waals surface area (Å²) < 4.78 is 0. The highest BCUT2D eigenvalue weighted by atomic mass is 16.3. The minimum absolute atomic E-state index is 0.214. The largest absolute Gasteiger partial charge is 0.396 e. The summed E-state index contributed by atoms with van der Waals surface area (Å²) in [5.74, 6) is 0.251. The first-order chi connectivity index (χ1) is 11.3. The van der Waals surface area contributed by atoms with Crippen LogP contribution in [0.3, 0.4) is 0 Å². The van der Waals surface area contributed by atoms with E-state index in [2.05, 4.69) is 21.9 Å². The molecule has 1 amide bonds. The van der Waals surface area contributed by atoms with E-state index in [1.807, 2.05) is 18.2 Å². The van der Waals surface area contributed by atoms with Gasteiger partial charge in [-0.3, -0.25) is 9.69 Å². The van der Waals surface area contributed by atoms with E-state index in [-0.39, 0.29) is 12.5 Å². The topological polar surface area (TPSA) is 43.8 Å². The van der Waals surface area contributed by atoms with Crippen LogP contribution in [0.5, 0.6) is 0 Å². The fourth-order valence-electron chi connectivity index (χ4n) is 3.60. The van der Waals surface area contributed by atoms with E-state index in [1.165, 1.54) is 12.0 Å². The normalized spacial score (nSPS) is 22.0. The highest BCUT2D eigenvalue weighted by molar-refractivity contribution is 5.79. The summed E-state index contributed by atoms with van der Waals surface area (Å²) in [7, 11) is 0. The summed E-state index contributed by atoms with van der Waals surface area (Å²) in [5.41, 5.74) is 1.21. The Kier molecular flexibility index (Phi) is 5.68. The second-order valence-electron chi connectivity index (χ2n) is 6.87. The van der Waals surface area contributed by atoms with Gasteiger partial charge >= 0.3 is 0 Å². The number of benzene rings is 1. The molecule has 4 heteroatoms. The van der Waals surface area contributed by atoms with Gasteiger partial charge in [0.2, 0.25) is 5.91 Å². The number of piperidine rings is 1. The first-order valence-corrected chi connectivity index (χ1v) is 8.96. The van der Waals surface area contributed by atoms with Crippen LogP contribution in [-0.4, -0.2) is 52.6 Å². The lowest BCUT2D eigenvalue weighted by Gasteiger charge is -2.36. The molecule has 1 aromatic carbocycles. The van der Waals surface area contributed by atoms with Gasteiger partial charge in [-0.1, -0.05) is 36.8 Å². The van der Waals surface area contributed by atoms with Gasteiger partial charge in [-0.25, -0.2) is 0 Å². The molecule has 0 bridgehead atoms. The Labute approximate surface area is 139 Å². The molecule has 1 atom stereocenters. The highest BCUT2D eigenvalue weighted by Gasteiger charge is 2.34. The van der Waals surface area contributed by atoms with Crippen LogP contribution in [0.25, 0.3) is 0 Å². The molecule has 1 saturated heterocycles. The van der Waals surface area contributed by atoms with E-state index in [1.54, 1.807) is 0 Å². The standard InChI is InChI=1S/C19H28N2O2/c22-13-11-17-8-4-5-12-20(17)15-19(23)21(18-9-10-18)14-16-6-2-1-3-7-16/h1-3,6-7,17-18,22H,4-5,8-15H2. The Morgan fingerprint density at radius 1 is 1.17 bits per heavy atom. The zero-order valence-corrected chi connectivity index (χ0v) is 13.9. The number of hydrogen-bond acceptors (Lipinski definition) is 3. The molecule has 0 aromatic heterocycles. The number of aliphatic hydroxyl groups excluding tert-OH is 1. The van der Waals surface area contributed by atoms with Crippen molar-refractivity contribution in [3.05, 3.63) is 35.9 Å². The van der Waals surface area contributed by atoms with E-state index in [0.29, 0.717) is 18.6 Å². The molecule has 2 fully saturated rings. The fourth-order valence-corrected chi connectivity index (χ4v) is 3.60. The first kappa shape index (κ1) is 16.5. The second-order valence-corrected chi connectivity index (χ2v) is 6.87. The molecule has 1 aliphatic heterocycles. The van der Waals surface area contributed by atoms with Crippen molar-refractivity contribution in [1.82, 2.24) is 9.80 Å². The van der Waals surface area contributed by atoms with E-state index in [4.69, 9.17) is 0 Å². The molecule has 1 unspecified atom stereocenters. The monoisotopic (exact) mass is 316 g/mol. The van der Waals surface area contributed by atoms with Crippen LogP contribution >= 0.6 is 0 Å².